The third-order valence-corrected chi connectivity index (χ3v) is 7.89. The summed E-state index contributed by atoms with van der Waals surface area (Å²) in [6.45, 7) is 4.93. The van der Waals surface area contributed by atoms with Crippen LogP contribution in [0, 0.1) is 5.41 Å². The van der Waals surface area contributed by atoms with Gasteiger partial charge in [0, 0.05) is 55.1 Å². The van der Waals surface area contributed by atoms with Crippen LogP contribution in [0.25, 0.3) is 16.8 Å². The van der Waals surface area contributed by atoms with Gasteiger partial charge >= 0.3 is 0 Å². The molecule has 0 atom stereocenters. The number of aromatic nitrogens is 4. The highest BCUT2D eigenvalue weighted by atomic mass is 16.2. The van der Waals surface area contributed by atoms with E-state index in [9.17, 15) is 4.79 Å². The van der Waals surface area contributed by atoms with Crippen LogP contribution in [-0.2, 0) is 4.79 Å². The molecule has 2 N–H and O–H groups in total. The van der Waals surface area contributed by atoms with Gasteiger partial charge in [0.1, 0.15) is 5.82 Å². The second-order valence-corrected chi connectivity index (χ2v) is 9.62. The highest BCUT2D eigenvalue weighted by molar-refractivity contribution is 5.83. The molecule has 4 fully saturated rings. The monoisotopic (exact) mass is 431 g/mol. The van der Waals surface area contributed by atoms with Gasteiger partial charge in [-0.05, 0) is 69.3 Å². The molecule has 0 saturated carbocycles. The van der Waals surface area contributed by atoms with Crippen molar-refractivity contribution in [3.63, 3.8) is 0 Å². The van der Waals surface area contributed by atoms with Crippen LogP contribution in [-0.4, -0.2) is 68.0 Å². The number of fused-ring (bicyclic) bond motifs is 4. The van der Waals surface area contributed by atoms with Crippen LogP contribution >= 0.6 is 0 Å². The maximum Gasteiger partial charge on any atom is 0.228 e. The van der Waals surface area contributed by atoms with Gasteiger partial charge in [-0.25, -0.2) is 9.50 Å². The topological polar surface area (TPSA) is 92.6 Å². The first kappa shape index (κ1) is 19.7. The quantitative estimate of drug-likeness (QED) is 0.685. The Labute approximate surface area is 187 Å². The molecule has 4 aliphatic heterocycles. The molecule has 32 heavy (non-hydrogen) atoms. The Morgan fingerprint density at radius 3 is 2.56 bits per heavy atom. The smallest absolute Gasteiger partial charge is 0.228 e. The lowest BCUT2D eigenvalue weighted by atomic mass is 9.70. The number of amides is 1. The van der Waals surface area contributed by atoms with Crippen LogP contribution in [0.5, 0.6) is 0 Å². The molecule has 4 aliphatic rings. The Hall–Kier alpha value is -3.00. The molecule has 8 nitrogen and oxygen atoms in total. The van der Waals surface area contributed by atoms with E-state index in [0.717, 1.165) is 81.6 Å². The number of nitrogen functional groups attached to an aromatic ring is 1. The van der Waals surface area contributed by atoms with E-state index in [0.29, 0.717) is 17.6 Å². The van der Waals surface area contributed by atoms with Crippen molar-refractivity contribution in [2.45, 2.75) is 38.0 Å². The van der Waals surface area contributed by atoms with E-state index in [2.05, 4.69) is 30.9 Å². The molecule has 2 bridgehead atoms. The van der Waals surface area contributed by atoms with Gasteiger partial charge in [-0.1, -0.05) is 0 Å². The molecule has 0 radical (unpaired) electrons. The Bertz CT molecular complexity index is 1140. The minimum Gasteiger partial charge on any atom is -0.382 e. The minimum atomic E-state index is -0.0872. The largest absolute Gasteiger partial charge is 0.382 e. The van der Waals surface area contributed by atoms with Crippen LogP contribution in [0.15, 0.2) is 36.9 Å². The Kier molecular flexibility index (Phi) is 4.64. The van der Waals surface area contributed by atoms with Crippen LogP contribution in [0.4, 0.5) is 5.82 Å². The summed E-state index contributed by atoms with van der Waals surface area (Å²) in [4.78, 5) is 27.0. The van der Waals surface area contributed by atoms with Crippen LogP contribution in [0.1, 0.15) is 43.6 Å². The summed E-state index contributed by atoms with van der Waals surface area (Å²) >= 11 is 0. The summed E-state index contributed by atoms with van der Waals surface area (Å²) in [6.07, 6.45) is 12.7. The molecular formula is C24H29N7O. The van der Waals surface area contributed by atoms with Crippen molar-refractivity contribution >= 4 is 17.4 Å². The molecule has 166 valence electrons. The zero-order chi connectivity index (χ0) is 21.7. The number of likely N-dealkylation sites (tertiary alicyclic amines) is 1. The number of nitrogens with zero attached hydrogens (tertiary/aromatic N) is 6. The molecule has 4 saturated heterocycles. The van der Waals surface area contributed by atoms with E-state index in [4.69, 9.17) is 5.73 Å². The Balaban J connectivity index is 1.21. The average Bonchev–Trinajstić information content (AvgIpc) is 3.24. The lowest BCUT2D eigenvalue weighted by Gasteiger charge is -2.49. The van der Waals surface area contributed by atoms with Crippen LogP contribution in [0.2, 0.25) is 0 Å². The fourth-order valence-electron chi connectivity index (χ4n) is 5.91. The summed E-state index contributed by atoms with van der Waals surface area (Å²) in [5.74, 6) is 1.28. The fourth-order valence-corrected chi connectivity index (χ4v) is 5.91. The number of carbonyl (C=O) groups is 1. The summed E-state index contributed by atoms with van der Waals surface area (Å²) in [5, 5.41) is 4.30. The van der Waals surface area contributed by atoms with E-state index in [1.807, 2.05) is 24.8 Å². The predicted molar refractivity (Wildman–Crippen MR) is 122 cm³/mol. The summed E-state index contributed by atoms with van der Waals surface area (Å²) < 4.78 is 1.72. The molecule has 1 amide bonds. The number of anilines is 1. The van der Waals surface area contributed by atoms with E-state index in [1.54, 1.807) is 10.6 Å². The molecule has 3 aromatic rings. The number of hydrogen-bond donors (Lipinski definition) is 1. The number of piperidine rings is 4. The molecule has 0 spiro atoms. The number of rotatable bonds is 3. The van der Waals surface area contributed by atoms with Crippen molar-refractivity contribution < 1.29 is 4.79 Å². The molecule has 0 aromatic carbocycles. The lowest BCUT2D eigenvalue weighted by molar-refractivity contribution is -0.150. The maximum atomic E-state index is 13.5. The van der Waals surface area contributed by atoms with E-state index in [1.165, 1.54) is 5.56 Å². The van der Waals surface area contributed by atoms with E-state index in [-0.39, 0.29) is 5.41 Å². The van der Waals surface area contributed by atoms with Crippen molar-refractivity contribution in [1.82, 2.24) is 29.4 Å². The Morgan fingerprint density at radius 1 is 1.06 bits per heavy atom. The molecule has 3 aromatic heterocycles. The van der Waals surface area contributed by atoms with Crippen molar-refractivity contribution in [1.29, 1.82) is 0 Å². The van der Waals surface area contributed by atoms with Gasteiger partial charge in [-0.2, -0.15) is 0 Å². The van der Waals surface area contributed by atoms with Crippen molar-refractivity contribution in [3.05, 3.63) is 42.5 Å². The highest BCUT2D eigenvalue weighted by Crippen LogP contribution is 2.43. The third kappa shape index (κ3) is 3.24. The molecular weight excluding hydrogens is 402 g/mol. The average molecular weight is 432 g/mol. The summed E-state index contributed by atoms with van der Waals surface area (Å²) in [5.41, 5.74) is 9.81. The predicted octanol–water partition coefficient (Wildman–Crippen LogP) is 2.57. The minimum absolute atomic E-state index is 0.0872. The fraction of sp³-hybridized carbons (Fsp3) is 0.500. The van der Waals surface area contributed by atoms with Crippen molar-refractivity contribution in [3.8, 4) is 11.1 Å². The zero-order valence-electron chi connectivity index (χ0n) is 18.3. The number of hydrogen-bond acceptors (Lipinski definition) is 6. The SMILES string of the molecule is Nc1cc2ncc(-c3cnccc3C3CCN(C(=O)C45CCN(CC4)CC5)CC3)cn2n1. The van der Waals surface area contributed by atoms with Crippen LogP contribution in [0.3, 0.4) is 0 Å². The van der Waals surface area contributed by atoms with Gasteiger partial charge < -0.3 is 15.5 Å². The van der Waals surface area contributed by atoms with Gasteiger partial charge in [-0.15, -0.1) is 5.10 Å². The van der Waals surface area contributed by atoms with E-state index < -0.39 is 0 Å². The standard InChI is InChI=1S/C24H29N7O/c25-21-13-22-27-14-18(16-31(22)28-21)20-15-26-7-1-19(20)17-2-8-30(9-3-17)23(32)24-4-10-29(11-5-24)12-6-24/h1,7,13-17H,2-6,8-12H2,(H2,25,28). The van der Waals surface area contributed by atoms with Gasteiger partial charge in [0.25, 0.3) is 0 Å². The lowest BCUT2D eigenvalue weighted by Crippen LogP contribution is -2.56. The van der Waals surface area contributed by atoms with Crippen molar-refractivity contribution in [2.24, 2.45) is 5.41 Å². The molecule has 0 unspecified atom stereocenters. The first-order chi connectivity index (χ1) is 15.6. The van der Waals surface area contributed by atoms with Gasteiger partial charge in [0.15, 0.2) is 5.65 Å². The number of nitrogens with two attached hydrogens (primary N) is 1. The Morgan fingerprint density at radius 2 is 1.81 bits per heavy atom. The van der Waals surface area contributed by atoms with Crippen molar-refractivity contribution in [2.75, 3.05) is 38.5 Å². The first-order valence-corrected chi connectivity index (χ1v) is 11.7. The van der Waals surface area contributed by atoms with E-state index >= 15 is 0 Å². The maximum absolute atomic E-state index is 13.5. The van der Waals surface area contributed by atoms with Gasteiger partial charge in [0.05, 0.1) is 5.41 Å². The number of carbonyl (C=O) groups excluding carboxylic acids is 1. The highest BCUT2D eigenvalue weighted by Gasteiger charge is 2.47. The molecule has 7 rings (SSSR count). The summed E-state index contributed by atoms with van der Waals surface area (Å²) in [6, 6.07) is 3.88. The second kappa shape index (κ2) is 7.55. The van der Waals surface area contributed by atoms with Gasteiger partial charge in [0.2, 0.25) is 5.91 Å². The first-order valence-electron chi connectivity index (χ1n) is 11.7. The normalized spacial score (nSPS) is 26.0. The zero-order valence-corrected chi connectivity index (χ0v) is 18.3. The van der Waals surface area contributed by atoms with Gasteiger partial charge in [-0.3, -0.25) is 9.78 Å². The molecule has 0 aliphatic carbocycles. The summed E-state index contributed by atoms with van der Waals surface area (Å²) in [7, 11) is 0. The third-order valence-electron chi connectivity index (χ3n) is 7.89. The second-order valence-electron chi connectivity index (χ2n) is 9.62. The number of pyridine rings is 1. The molecule has 7 heterocycles. The molecule has 8 heteroatoms. The van der Waals surface area contributed by atoms with Crippen LogP contribution < -0.4 is 5.73 Å².